The van der Waals surface area contributed by atoms with E-state index in [1.165, 1.54) is 0 Å². The van der Waals surface area contributed by atoms with Crippen LogP contribution in [0.5, 0.6) is 0 Å². The van der Waals surface area contributed by atoms with Gasteiger partial charge in [0.2, 0.25) is 5.91 Å². The van der Waals surface area contributed by atoms with Gasteiger partial charge in [-0.1, -0.05) is 19.8 Å². The number of aliphatic carboxylic acids is 1. The molecule has 1 unspecified atom stereocenters. The summed E-state index contributed by atoms with van der Waals surface area (Å²) in [6.45, 7) is 3.38. The molecule has 102 valence electrons. The van der Waals surface area contributed by atoms with Gasteiger partial charge in [0.05, 0.1) is 25.7 Å². The number of hydrogen-bond acceptors (Lipinski definition) is 3. The first-order valence-corrected chi connectivity index (χ1v) is 6.63. The molecule has 0 bridgehead atoms. The van der Waals surface area contributed by atoms with Crippen LogP contribution in [-0.4, -0.2) is 47.7 Å². The summed E-state index contributed by atoms with van der Waals surface area (Å²) in [6.07, 6.45) is 4.00. The Balaban J connectivity index is 2.08. The molecule has 2 fully saturated rings. The van der Waals surface area contributed by atoms with E-state index in [1.807, 2.05) is 6.92 Å². The molecule has 1 amide bonds. The second-order valence-electron chi connectivity index (χ2n) is 5.59. The Morgan fingerprint density at radius 3 is 2.67 bits per heavy atom. The molecule has 5 heteroatoms. The summed E-state index contributed by atoms with van der Waals surface area (Å²) < 4.78 is 5.30. The maximum absolute atomic E-state index is 12.6. The SMILES string of the molecule is CC1(C(=O)N2CCOCC2CC(=O)O)CCCC1. The fraction of sp³-hybridized carbons (Fsp3) is 0.846. The molecule has 1 aliphatic carbocycles. The number of rotatable bonds is 3. The van der Waals surface area contributed by atoms with Crippen LogP contribution in [0.2, 0.25) is 0 Å². The maximum atomic E-state index is 12.6. The zero-order valence-corrected chi connectivity index (χ0v) is 10.9. The quantitative estimate of drug-likeness (QED) is 0.824. The molecule has 1 N–H and O–H groups in total. The van der Waals surface area contributed by atoms with Crippen LogP contribution in [0.4, 0.5) is 0 Å². The number of hydrogen-bond donors (Lipinski definition) is 1. The molecule has 1 aliphatic heterocycles. The van der Waals surface area contributed by atoms with Gasteiger partial charge in [-0.05, 0) is 12.8 Å². The van der Waals surface area contributed by atoms with Crippen molar-refractivity contribution in [2.24, 2.45) is 5.41 Å². The third-order valence-electron chi connectivity index (χ3n) is 4.12. The van der Waals surface area contributed by atoms with Crippen LogP contribution in [0, 0.1) is 5.41 Å². The lowest BCUT2D eigenvalue weighted by Gasteiger charge is -2.39. The van der Waals surface area contributed by atoms with Gasteiger partial charge in [-0.3, -0.25) is 9.59 Å². The van der Waals surface area contributed by atoms with E-state index in [-0.39, 0.29) is 23.8 Å². The predicted octanol–water partition coefficient (Wildman–Crippen LogP) is 1.27. The Hall–Kier alpha value is -1.10. The summed E-state index contributed by atoms with van der Waals surface area (Å²) >= 11 is 0. The van der Waals surface area contributed by atoms with Gasteiger partial charge < -0.3 is 14.7 Å². The summed E-state index contributed by atoms with van der Waals surface area (Å²) in [5.41, 5.74) is -0.284. The monoisotopic (exact) mass is 255 g/mol. The largest absolute Gasteiger partial charge is 0.481 e. The van der Waals surface area contributed by atoms with E-state index < -0.39 is 5.97 Å². The van der Waals surface area contributed by atoms with E-state index in [0.29, 0.717) is 19.8 Å². The molecule has 0 radical (unpaired) electrons. The second kappa shape index (κ2) is 5.26. The van der Waals surface area contributed by atoms with Gasteiger partial charge in [-0.15, -0.1) is 0 Å². The van der Waals surface area contributed by atoms with Crippen molar-refractivity contribution in [3.8, 4) is 0 Å². The molecule has 0 spiro atoms. The van der Waals surface area contributed by atoms with Crippen molar-refractivity contribution in [1.29, 1.82) is 0 Å². The van der Waals surface area contributed by atoms with Crippen LogP contribution in [0.25, 0.3) is 0 Å². The molecule has 2 aliphatic rings. The molecule has 5 nitrogen and oxygen atoms in total. The molecule has 0 aromatic carbocycles. The summed E-state index contributed by atoms with van der Waals surface area (Å²) in [6, 6.07) is -0.304. The number of carboxylic acid groups (broad SMARTS) is 1. The molecule has 0 aromatic rings. The van der Waals surface area contributed by atoms with Gasteiger partial charge in [-0.2, -0.15) is 0 Å². The summed E-state index contributed by atoms with van der Waals surface area (Å²) in [5, 5.41) is 8.90. The molecular formula is C13H21NO4. The number of morpholine rings is 1. The number of carboxylic acids is 1. The van der Waals surface area contributed by atoms with Crippen LogP contribution in [-0.2, 0) is 14.3 Å². The lowest BCUT2D eigenvalue weighted by Crippen LogP contribution is -2.53. The molecule has 1 atom stereocenters. The highest BCUT2D eigenvalue weighted by atomic mass is 16.5. The zero-order valence-electron chi connectivity index (χ0n) is 10.9. The normalized spacial score (nSPS) is 27.2. The second-order valence-corrected chi connectivity index (χ2v) is 5.59. The van der Waals surface area contributed by atoms with Crippen LogP contribution >= 0.6 is 0 Å². The number of carbonyl (C=O) groups excluding carboxylic acids is 1. The van der Waals surface area contributed by atoms with Crippen molar-refractivity contribution < 1.29 is 19.4 Å². The minimum Gasteiger partial charge on any atom is -0.481 e. The van der Waals surface area contributed by atoms with Crippen molar-refractivity contribution in [3.63, 3.8) is 0 Å². The Bertz CT molecular complexity index is 336. The number of amides is 1. The van der Waals surface area contributed by atoms with E-state index in [9.17, 15) is 9.59 Å². The van der Waals surface area contributed by atoms with E-state index >= 15 is 0 Å². The Morgan fingerprint density at radius 1 is 1.39 bits per heavy atom. The molecule has 1 heterocycles. The first-order valence-electron chi connectivity index (χ1n) is 6.63. The number of nitrogens with zero attached hydrogens (tertiary/aromatic N) is 1. The molecule has 1 saturated heterocycles. The summed E-state index contributed by atoms with van der Waals surface area (Å²) in [7, 11) is 0. The van der Waals surface area contributed by atoms with E-state index in [4.69, 9.17) is 9.84 Å². The van der Waals surface area contributed by atoms with Crippen molar-refractivity contribution >= 4 is 11.9 Å². The average molecular weight is 255 g/mol. The van der Waals surface area contributed by atoms with Gasteiger partial charge in [0.15, 0.2) is 0 Å². The topological polar surface area (TPSA) is 66.8 Å². The minimum absolute atomic E-state index is 0.0260. The third kappa shape index (κ3) is 2.66. The highest BCUT2D eigenvalue weighted by Crippen LogP contribution is 2.39. The van der Waals surface area contributed by atoms with E-state index in [1.54, 1.807) is 4.90 Å². The lowest BCUT2D eigenvalue weighted by atomic mass is 9.86. The van der Waals surface area contributed by atoms with Crippen LogP contribution in [0.3, 0.4) is 0 Å². The van der Waals surface area contributed by atoms with E-state index in [0.717, 1.165) is 25.7 Å². The van der Waals surface area contributed by atoms with Crippen LogP contribution < -0.4 is 0 Å². The average Bonchev–Trinajstić information content (AvgIpc) is 2.76. The highest BCUT2D eigenvalue weighted by Gasteiger charge is 2.42. The summed E-state index contributed by atoms with van der Waals surface area (Å²) in [5.74, 6) is -0.755. The van der Waals surface area contributed by atoms with Gasteiger partial charge in [-0.25, -0.2) is 0 Å². The van der Waals surface area contributed by atoms with Gasteiger partial charge in [0, 0.05) is 12.0 Å². The molecule has 1 saturated carbocycles. The third-order valence-corrected chi connectivity index (χ3v) is 4.12. The molecule has 2 rings (SSSR count). The van der Waals surface area contributed by atoms with Gasteiger partial charge in [0.1, 0.15) is 0 Å². The van der Waals surface area contributed by atoms with Crippen LogP contribution in [0.15, 0.2) is 0 Å². The predicted molar refractivity (Wildman–Crippen MR) is 65.1 cm³/mol. The van der Waals surface area contributed by atoms with Crippen molar-refractivity contribution in [3.05, 3.63) is 0 Å². The standard InChI is InChI=1S/C13H21NO4/c1-13(4-2-3-5-13)12(17)14-6-7-18-9-10(14)8-11(15)16/h10H,2-9H2,1H3,(H,15,16). The van der Waals surface area contributed by atoms with Crippen LogP contribution in [0.1, 0.15) is 39.0 Å². The fourth-order valence-corrected chi connectivity index (χ4v) is 3.01. The first kappa shape index (κ1) is 13.3. The first-order chi connectivity index (χ1) is 8.53. The van der Waals surface area contributed by atoms with Gasteiger partial charge in [0.25, 0.3) is 0 Å². The number of ether oxygens (including phenoxy) is 1. The molecule has 0 aromatic heterocycles. The van der Waals surface area contributed by atoms with E-state index in [2.05, 4.69) is 0 Å². The fourth-order valence-electron chi connectivity index (χ4n) is 3.01. The van der Waals surface area contributed by atoms with Crippen molar-refractivity contribution in [2.75, 3.05) is 19.8 Å². The smallest absolute Gasteiger partial charge is 0.305 e. The minimum atomic E-state index is -0.875. The maximum Gasteiger partial charge on any atom is 0.305 e. The highest BCUT2D eigenvalue weighted by molar-refractivity contribution is 5.83. The number of carbonyl (C=O) groups is 2. The zero-order chi connectivity index (χ0) is 13.2. The molecular weight excluding hydrogens is 234 g/mol. The Labute approximate surface area is 107 Å². The van der Waals surface area contributed by atoms with Crippen molar-refractivity contribution in [2.45, 2.75) is 45.1 Å². The molecule has 18 heavy (non-hydrogen) atoms. The Morgan fingerprint density at radius 2 is 2.06 bits per heavy atom. The Kier molecular flexibility index (Phi) is 3.90. The van der Waals surface area contributed by atoms with Crippen molar-refractivity contribution in [1.82, 2.24) is 4.90 Å². The summed E-state index contributed by atoms with van der Waals surface area (Å²) in [4.78, 5) is 25.2. The lowest BCUT2D eigenvalue weighted by molar-refractivity contribution is -0.153. The van der Waals surface area contributed by atoms with Gasteiger partial charge >= 0.3 is 5.97 Å².